The summed E-state index contributed by atoms with van der Waals surface area (Å²) in [6, 6.07) is 6.67. The molecule has 1 aliphatic carbocycles. The normalized spacial score (nSPS) is 24.6. The van der Waals surface area contributed by atoms with Crippen molar-refractivity contribution in [2.45, 2.75) is 44.1 Å². The van der Waals surface area contributed by atoms with E-state index in [1.807, 2.05) is 12.1 Å². The maximum atomic E-state index is 13.6. The fourth-order valence-corrected chi connectivity index (χ4v) is 3.30. The van der Waals surface area contributed by atoms with Crippen LogP contribution >= 0.6 is 0 Å². The van der Waals surface area contributed by atoms with Crippen molar-refractivity contribution < 1.29 is 18.4 Å². The Morgan fingerprint density at radius 3 is 2.77 bits per heavy atom. The zero-order chi connectivity index (χ0) is 16.0. The van der Waals surface area contributed by atoms with Gasteiger partial charge in [0, 0.05) is 6.42 Å². The highest BCUT2D eigenvalue weighted by atomic mass is 19.3. The molecule has 0 aromatic heterocycles. The number of nitrogens with one attached hydrogen (secondary N) is 1. The van der Waals surface area contributed by atoms with Gasteiger partial charge >= 0.3 is 6.03 Å². The predicted molar refractivity (Wildman–Crippen MR) is 76.5 cm³/mol. The molecule has 1 saturated heterocycles. The number of benzene rings is 1. The summed E-state index contributed by atoms with van der Waals surface area (Å²) in [6.45, 7) is 0.474. The van der Waals surface area contributed by atoms with E-state index < -0.39 is 36.4 Å². The Morgan fingerprint density at radius 1 is 1.32 bits per heavy atom. The van der Waals surface area contributed by atoms with Gasteiger partial charge in [-0.3, -0.25) is 9.69 Å². The summed E-state index contributed by atoms with van der Waals surface area (Å²) >= 11 is 0. The van der Waals surface area contributed by atoms with E-state index in [0.717, 1.165) is 24.0 Å². The van der Waals surface area contributed by atoms with Crippen molar-refractivity contribution in [2.24, 2.45) is 0 Å². The first-order chi connectivity index (χ1) is 10.4. The average Bonchev–Trinajstić information content (AvgIpc) is 2.73. The molecule has 3 rings (SSSR count). The lowest BCUT2D eigenvalue weighted by Crippen LogP contribution is -2.47. The summed E-state index contributed by atoms with van der Waals surface area (Å²) in [6.07, 6.45) is 1.60. The van der Waals surface area contributed by atoms with Crippen LogP contribution in [0.3, 0.4) is 0 Å². The number of imide groups is 1. The van der Waals surface area contributed by atoms with Crippen LogP contribution in [0, 0.1) is 0 Å². The molecular formula is C16H18F2N2O2. The Bertz CT molecular complexity index is 632. The molecule has 1 atom stereocenters. The lowest BCUT2D eigenvalue weighted by atomic mass is 9.76. The first-order valence-electron chi connectivity index (χ1n) is 7.50. The molecule has 6 heteroatoms. The Morgan fingerprint density at radius 2 is 2.05 bits per heavy atom. The van der Waals surface area contributed by atoms with Gasteiger partial charge in [-0.2, -0.15) is 0 Å². The van der Waals surface area contributed by atoms with E-state index in [1.165, 1.54) is 6.92 Å². The molecule has 22 heavy (non-hydrogen) atoms. The molecule has 2 aliphatic rings. The van der Waals surface area contributed by atoms with E-state index >= 15 is 0 Å². The second-order valence-electron chi connectivity index (χ2n) is 5.95. The molecule has 0 saturated carbocycles. The first-order valence-corrected chi connectivity index (χ1v) is 7.50. The number of carbonyl (C=O) groups is 2. The molecular weight excluding hydrogens is 290 g/mol. The van der Waals surface area contributed by atoms with Gasteiger partial charge in [0.2, 0.25) is 0 Å². The van der Waals surface area contributed by atoms with Gasteiger partial charge < -0.3 is 5.32 Å². The molecule has 1 aromatic carbocycles. The molecule has 1 N–H and O–H groups in total. The van der Waals surface area contributed by atoms with Crippen LogP contribution in [0.15, 0.2) is 24.3 Å². The summed E-state index contributed by atoms with van der Waals surface area (Å²) in [7, 11) is 0. The maximum absolute atomic E-state index is 13.6. The number of amides is 3. The van der Waals surface area contributed by atoms with Gasteiger partial charge in [-0.25, -0.2) is 13.6 Å². The molecule has 1 spiro atoms. The number of urea groups is 1. The van der Waals surface area contributed by atoms with Crippen molar-refractivity contribution >= 4 is 11.9 Å². The summed E-state index contributed by atoms with van der Waals surface area (Å²) < 4.78 is 27.3. The molecule has 118 valence electrons. The Hall–Kier alpha value is -1.98. The van der Waals surface area contributed by atoms with E-state index in [2.05, 4.69) is 5.32 Å². The fourth-order valence-electron chi connectivity index (χ4n) is 3.30. The number of nitrogens with zero attached hydrogens (tertiary/aromatic N) is 1. The maximum Gasteiger partial charge on any atom is 0.325 e. The SMILES string of the molecule is CCC(F)(F)CN1C(=O)NC2(CCCc3ccccc32)C1=O. The minimum Gasteiger partial charge on any atom is -0.319 e. The Labute approximate surface area is 127 Å². The smallest absolute Gasteiger partial charge is 0.319 e. The van der Waals surface area contributed by atoms with E-state index in [9.17, 15) is 18.4 Å². The van der Waals surface area contributed by atoms with Gasteiger partial charge in [-0.1, -0.05) is 31.2 Å². The highest BCUT2D eigenvalue weighted by Crippen LogP contribution is 2.40. The number of hydrogen-bond acceptors (Lipinski definition) is 2. The van der Waals surface area contributed by atoms with Gasteiger partial charge in [-0.05, 0) is 30.4 Å². The van der Waals surface area contributed by atoms with E-state index in [1.54, 1.807) is 12.1 Å². The standard InChI is InChI=1S/C16H18F2N2O2/c1-2-15(17,18)10-20-13(21)16(19-14(20)22)9-5-7-11-6-3-4-8-12(11)16/h3-4,6,8H,2,5,7,9-10H2,1H3,(H,19,22). The quantitative estimate of drug-likeness (QED) is 0.873. The van der Waals surface area contributed by atoms with Crippen molar-refractivity contribution in [1.82, 2.24) is 10.2 Å². The molecule has 1 heterocycles. The molecule has 0 bridgehead atoms. The number of rotatable bonds is 3. The minimum absolute atomic E-state index is 0.409. The van der Waals surface area contributed by atoms with E-state index in [-0.39, 0.29) is 0 Å². The van der Waals surface area contributed by atoms with Crippen LogP contribution in [0.5, 0.6) is 0 Å². The molecule has 1 unspecified atom stereocenters. The fraction of sp³-hybridized carbons (Fsp3) is 0.500. The molecule has 1 aliphatic heterocycles. The number of hydrogen-bond donors (Lipinski definition) is 1. The number of carbonyl (C=O) groups excluding carboxylic acids is 2. The van der Waals surface area contributed by atoms with Crippen LogP contribution in [-0.2, 0) is 16.8 Å². The van der Waals surface area contributed by atoms with Crippen LogP contribution < -0.4 is 5.32 Å². The van der Waals surface area contributed by atoms with E-state index in [0.29, 0.717) is 11.3 Å². The summed E-state index contributed by atoms with van der Waals surface area (Å²) in [4.78, 5) is 25.6. The first kappa shape index (κ1) is 14.9. The molecule has 0 radical (unpaired) electrons. The zero-order valence-corrected chi connectivity index (χ0v) is 12.4. The highest BCUT2D eigenvalue weighted by Gasteiger charge is 2.55. The summed E-state index contributed by atoms with van der Waals surface area (Å²) in [5, 5.41) is 2.68. The summed E-state index contributed by atoms with van der Waals surface area (Å²) in [5.41, 5.74) is 0.559. The third-order valence-corrected chi connectivity index (χ3v) is 4.56. The minimum atomic E-state index is -3.06. The monoisotopic (exact) mass is 308 g/mol. The van der Waals surface area contributed by atoms with Crippen molar-refractivity contribution in [3.05, 3.63) is 35.4 Å². The average molecular weight is 308 g/mol. The number of aryl methyl sites for hydroxylation is 1. The van der Waals surface area contributed by atoms with Crippen molar-refractivity contribution in [2.75, 3.05) is 6.54 Å². The second kappa shape index (κ2) is 5.04. The summed E-state index contributed by atoms with van der Waals surface area (Å²) in [5.74, 6) is -3.62. The van der Waals surface area contributed by atoms with Crippen molar-refractivity contribution in [1.29, 1.82) is 0 Å². The van der Waals surface area contributed by atoms with Gasteiger partial charge in [0.15, 0.2) is 0 Å². The zero-order valence-electron chi connectivity index (χ0n) is 12.4. The lowest BCUT2D eigenvalue weighted by molar-refractivity contribution is -0.136. The topological polar surface area (TPSA) is 49.4 Å². The van der Waals surface area contributed by atoms with Gasteiger partial charge in [0.05, 0.1) is 6.54 Å². The van der Waals surface area contributed by atoms with Crippen LogP contribution in [0.4, 0.5) is 13.6 Å². The Kier molecular flexibility index (Phi) is 3.42. The molecule has 1 fully saturated rings. The second-order valence-corrected chi connectivity index (χ2v) is 5.95. The third-order valence-electron chi connectivity index (χ3n) is 4.56. The molecule has 4 nitrogen and oxygen atoms in total. The van der Waals surface area contributed by atoms with Gasteiger partial charge in [0.1, 0.15) is 5.54 Å². The highest BCUT2D eigenvalue weighted by molar-refractivity contribution is 6.07. The Balaban J connectivity index is 1.98. The van der Waals surface area contributed by atoms with Crippen LogP contribution in [0.1, 0.15) is 37.3 Å². The number of alkyl halides is 2. The molecule has 1 aromatic rings. The number of fused-ring (bicyclic) bond motifs is 2. The third kappa shape index (κ3) is 2.17. The van der Waals surface area contributed by atoms with Gasteiger partial charge in [-0.15, -0.1) is 0 Å². The van der Waals surface area contributed by atoms with Crippen LogP contribution in [0.2, 0.25) is 0 Å². The van der Waals surface area contributed by atoms with E-state index in [4.69, 9.17) is 0 Å². The lowest BCUT2D eigenvalue weighted by Gasteiger charge is -2.33. The predicted octanol–water partition coefficient (Wildman–Crippen LogP) is 2.82. The van der Waals surface area contributed by atoms with Crippen molar-refractivity contribution in [3.8, 4) is 0 Å². The largest absolute Gasteiger partial charge is 0.325 e. The number of halogens is 2. The van der Waals surface area contributed by atoms with Crippen molar-refractivity contribution in [3.63, 3.8) is 0 Å². The van der Waals surface area contributed by atoms with Crippen LogP contribution in [-0.4, -0.2) is 29.3 Å². The molecule has 3 amide bonds. The van der Waals surface area contributed by atoms with Gasteiger partial charge in [0.25, 0.3) is 11.8 Å². The van der Waals surface area contributed by atoms with Crippen LogP contribution in [0.25, 0.3) is 0 Å².